The second kappa shape index (κ2) is 9.84. The van der Waals surface area contributed by atoms with E-state index in [1.807, 2.05) is 32.9 Å². The third-order valence-electron chi connectivity index (χ3n) is 3.93. The third-order valence-corrected chi connectivity index (χ3v) is 4.87. The number of halogens is 1. The molecule has 2 aromatic carbocycles. The van der Waals surface area contributed by atoms with Crippen molar-refractivity contribution in [2.45, 2.75) is 26.8 Å². The van der Waals surface area contributed by atoms with Crippen LogP contribution in [0.2, 0.25) is 5.02 Å². The molecule has 7 nitrogen and oxygen atoms in total. The molecular weight excluding hydrogens is 416 g/mol. The fourth-order valence-corrected chi connectivity index (χ4v) is 3.43. The van der Waals surface area contributed by atoms with Gasteiger partial charge in [-0.3, -0.25) is 9.52 Å². The second-order valence-corrected chi connectivity index (χ2v) is 8.49. The highest BCUT2D eigenvalue weighted by Gasteiger charge is 2.17. The van der Waals surface area contributed by atoms with Crippen LogP contribution in [0, 0.1) is 0 Å². The molecule has 0 aromatic heterocycles. The Labute approximate surface area is 176 Å². The summed E-state index contributed by atoms with van der Waals surface area (Å²) in [6, 6.07) is 9.48. The molecule has 0 aliphatic rings. The molecule has 1 unspecified atom stereocenters. The molecule has 0 bridgehead atoms. The van der Waals surface area contributed by atoms with Gasteiger partial charge in [0.1, 0.15) is 0 Å². The number of ether oxygens (including phenoxy) is 2. The Hall–Kier alpha value is -2.45. The van der Waals surface area contributed by atoms with Gasteiger partial charge in [-0.1, -0.05) is 17.7 Å². The number of anilines is 1. The fourth-order valence-electron chi connectivity index (χ4n) is 2.67. The first kappa shape index (κ1) is 22.8. The van der Waals surface area contributed by atoms with Gasteiger partial charge in [0.05, 0.1) is 36.1 Å². The smallest absolute Gasteiger partial charge is 0.253 e. The van der Waals surface area contributed by atoms with Crippen molar-refractivity contribution in [3.8, 4) is 11.5 Å². The molecule has 1 amide bonds. The SMILES string of the molecule is CCOc1ccc(C(C)NC(=O)c2cc(NS(C)(=O)=O)ccc2Cl)cc1OCC. The van der Waals surface area contributed by atoms with Crippen LogP contribution in [0.1, 0.15) is 42.7 Å². The summed E-state index contributed by atoms with van der Waals surface area (Å²) in [6.45, 7) is 6.61. The number of carbonyl (C=O) groups is 1. The van der Waals surface area contributed by atoms with E-state index in [9.17, 15) is 13.2 Å². The number of nitrogens with one attached hydrogen (secondary N) is 2. The van der Waals surface area contributed by atoms with Gasteiger partial charge in [0.25, 0.3) is 5.91 Å². The van der Waals surface area contributed by atoms with Gasteiger partial charge in [0, 0.05) is 5.69 Å². The van der Waals surface area contributed by atoms with Crippen molar-refractivity contribution in [3.63, 3.8) is 0 Å². The normalized spacial score (nSPS) is 12.2. The molecule has 0 saturated carbocycles. The van der Waals surface area contributed by atoms with E-state index in [1.54, 1.807) is 6.07 Å². The molecule has 9 heteroatoms. The molecule has 0 aliphatic heterocycles. The molecule has 0 spiro atoms. The van der Waals surface area contributed by atoms with Crippen LogP contribution >= 0.6 is 11.6 Å². The lowest BCUT2D eigenvalue weighted by Crippen LogP contribution is -2.27. The van der Waals surface area contributed by atoms with Crippen LogP contribution in [0.3, 0.4) is 0 Å². The minimum Gasteiger partial charge on any atom is -0.490 e. The Morgan fingerprint density at radius 2 is 1.72 bits per heavy atom. The highest BCUT2D eigenvalue weighted by atomic mass is 35.5. The average molecular weight is 441 g/mol. The first-order chi connectivity index (χ1) is 13.6. The quantitative estimate of drug-likeness (QED) is 0.614. The van der Waals surface area contributed by atoms with Crippen LogP contribution < -0.4 is 19.5 Å². The molecule has 2 rings (SSSR count). The lowest BCUT2D eigenvalue weighted by atomic mass is 10.1. The van der Waals surface area contributed by atoms with Gasteiger partial charge >= 0.3 is 0 Å². The van der Waals surface area contributed by atoms with Crippen molar-refractivity contribution in [1.29, 1.82) is 0 Å². The van der Waals surface area contributed by atoms with E-state index >= 15 is 0 Å². The summed E-state index contributed by atoms with van der Waals surface area (Å²) in [5, 5.41) is 3.09. The van der Waals surface area contributed by atoms with E-state index in [0.717, 1.165) is 11.8 Å². The Morgan fingerprint density at radius 3 is 2.34 bits per heavy atom. The van der Waals surface area contributed by atoms with Gasteiger partial charge in [0.2, 0.25) is 10.0 Å². The largest absolute Gasteiger partial charge is 0.490 e. The van der Waals surface area contributed by atoms with Gasteiger partial charge in [-0.2, -0.15) is 0 Å². The van der Waals surface area contributed by atoms with Crippen LogP contribution in [0.15, 0.2) is 36.4 Å². The van der Waals surface area contributed by atoms with Crippen LogP contribution in [-0.2, 0) is 10.0 Å². The van der Waals surface area contributed by atoms with Crippen LogP contribution in [-0.4, -0.2) is 33.8 Å². The maximum absolute atomic E-state index is 12.7. The van der Waals surface area contributed by atoms with E-state index in [4.69, 9.17) is 21.1 Å². The van der Waals surface area contributed by atoms with E-state index in [1.165, 1.54) is 18.2 Å². The summed E-state index contributed by atoms with van der Waals surface area (Å²) in [5.41, 5.74) is 1.25. The fraction of sp³-hybridized carbons (Fsp3) is 0.350. The predicted molar refractivity (Wildman–Crippen MR) is 115 cm³/mol. The number of benzene rings is 2. The first-order valence-electron chi connectivity index (χ1n) is 9.12. The molecule has 1 atom stereocenters. The van der Waals surface area contributed by atoms with Crippen molar-refractivity contribution in [2.24, 2.45) is 0 Å². The van der Waals surface area contributed by atoms with Crippen molar-refractivity contribution < 1.29 is 22.7 Å². The van der Waals surface area contributed by atoms with E-state index in [0.29, 0.717) is 24.7 Å². The molecule has 29 heavy (non-hydrogen) atoms. The van der Waals surface area contributed by atoms with Crippen molar-refractivity contribution in [2.75, 3.05) is 24.2 Å². The number of carbonyl (C=O) groups excluding carboxylic acids is 1. The summed E-state index contributed by atoms with van der Waals surface area (Å²) >= 11 is 6.14. The standard InChI is InChI=1S/C20H25ClN2O5S/c1-5-27-18-10-7-14(11-19(18)28-6-2)13(3)22-20(24)16-12-15(8-9-17(16)21)23-29(4,25)26/h7-13,23H,5-6H2,1-4H3,(H,22,24). The van der Waals surface area contributed by atoms with Crippen molar-refractivity contribution in [3.05, 3.63) is 52.5 Å². The maximum atomic E-state index is 12.7. The number of hydrogen-bond acceptors (Lipinski definition) is 5. The zero-order valence-electron chi connectivity index (χ0n) is 16.8. The molecule has 2 N–H and O–H groups in total. The summed E-state index contributed by atoms with van der Waals surface area (Å²) in [4.78, 5) is 12.7. The van der Waals surface area contributed by atoms with E-state index < -0.39 is 15.9 Å². The van der Waals surface area contributed by atoms with Gasteiger partial charge in [0.15, 0.2) is 11.5 Å². The molecule has 0 saturated heterocycles. The molecule has 2 aromatic rings. The molecule has 0 fully saturated rings. The third kappa shape index (κ3) is 6.54. The molecule has 0 aliphatic carbocycles. The first-order valence-corrected chi connectivity index (χ1v) is 11.4. The lowest BCUT2D eigenvalue weighted by Gasteiger charge is -2.18. The molecule has 0 heterocycles. The summed E-state index contributed by atoms with van der Waals surface area (Å²) in [5.74, 6) is 0.816. The molecule has 158 valence electrons. The van der Waals surface area contributed by atoms with Crippen LogP contribution in [0.5, 0.6) is 11.5 Å². The Morgan fingerprint density at radius 1 is 1.07 bits per heavy atom. The lowest BCUT2D eigenvalue weighted by molar-refractivity contribution is 0.0940. The van der Waals surface area contributed by atoms with Gasteiger partial charge in [-0.15, -0.1) is 0 Å². The zero-order chi connectivity index (χ0) is 21.6. The highest BCUT2D eigenvalue weighted by molar-refractivity contribution is 7.92. The summed E-state index contributed by atoms with van der Waals surface area (Å²) in [7, 11) is -3.47. The Bertz CT molecular complexity index is 979. The van der Waals surface area contributed by atoms with Gasteiger partial charge in [-0.25, -0.2) is 8.42 Å². The van der Waals surface area contributed by atoms with Crippen LogP contribution in [0.4, 0.5) is 5.69 Å². The monoisotopic (exact) mass is 440 g/mol. The van der Waals surface area contributed by atoms with Crippen molar-refractivity contribution in [1.82, 2.24) is 5.32 Å². The number of amides is 1. The minimum absolute atomic E-state index is 0.170. The second-order valence-electron chi connectivity index (χ2n) is 6.34. The Kier molecular flexibility index (Phi) is 7.75. The predicted octanol–water partition coefficient (Wildman–Crippen LogP) is 4.00. The molecular formula is C20H25ClN2O5S. The zero-order valence-corrected chi connectivity index (χ0v) is 18.4. The number of hydrogen-bond donors (Lipinski definition) is 2. The van der Waals surface area contributed by atoms with E-state index in [2.05, 4.69) is 10.0 Å². The highest BCUT2D eigenvalue weighted by Crippen LogP contribution is 2.31. The maximum Gasteiger partial charge on any atom is 0.253 e. The Balaban J connectivity index is 2.22. The van der Waals surface area contributed by atoms with Gasteiger partial charge in [-0.05, 0) is 56.7 Å². The molecule has 0 radical (unpaired) electrons. The average Bonchev–Trinajstić information content (AvgIpc) is 2.63. The topological polar surface area (TPSA) is 93.7 Å². The van der Waals surface area contributed by atoms with E-state index in [-0.39, 0.29) is 22.3 Å². The number of sulfonamides is 1. The summed E-state index contributed by atoms with van der Waals surface area (Å²) in [6.07, 6.45) is 1.03. The summed E-state index contributed by atoms with van der Waals surface area (Å²) < 4.78 is 36.4. The van der Waals surface area contributed by atoms with Crippen molar-refractivity contribution >= 4 is 33.2 Å². The van der Waals surface area contributed by atoms with Crippen LogP contribution in [0.25, 0.3) is 0 Å². The minimum atomic E-state index is -3.47. The number of rotatable bonds is 9. The van der Waals surface area contributed by atoms with Gasteiger partial charge < -0.3 is 14.8 Å².